The van der Waals surface area contributed by atoms with Crippen molar-refractivity contribution in [2.75, 3.05) is 0 Å². The molecule has 2 aromatic heterocycles. The van der Waals surface area contributed by atoms with Gasteiger partial charge in [0.25, 0.3) is 0 Å². The van der Waals surface area contributed by atoms with Crippen molar-refractivity contribution in [3.05, 3.63) is 60.5 Å². The summed E-state index contributed by atoms with van der Waals surface area (Å²) in [6.07, 6.45) is 1.60. The van der Waals surface area contributed by atoms with E-state index in [1.807, 2.05) is 0 Å². The molecule has 3 aromatic rings. The van der Waals surface area contributed by atoms with Gasteiger partial charge in [0, 0.05) is 17.8 Å². The maximum absolute atomic E-state index is 13.7. The first kappa shape index (κ1) is 11.4. The van der Waals surface area contributed by atoms with Gasteiger partial charge in [-0.1, -0.05) is 18.2 Å². The van der Waals surface area contributed by atoms with Crippen LogP contribution < -0.4 is 0 Å². The summed E-state index contributed by atoms with van der Waals surface area (Å²) in [5.41, 5.74) is 0.703. The first-order valence-corrected chi connectivity index (χ1v) is 5.71. The molecule has 1 N–H and O–H groups in total. The van der Waals surface area contributed by atoms with E-state index in [4.69, 9.17) is 0 Å². The van der Waals surface area contributed by atoms with E-state index in [0.717, 1.165) is 0 Å². The molecule has 0 unspecified atom stereocenters. The molecule has 0 radical (unpaired) electrons. The number of pyridine rings is 1. The predicted molar refractivity (Wildman–Crippen MR) is 68.4 cm³/mol. The zero-order chi connectivity index (χ0) is 13.2. The lowest BCUT2D eigenvalue weighted by Crippen LogP contribution is -1.98. The summed E-state index contributed by atoms with van der Waals surface area (Å²) in [6, 6.07) is 13.0. The monoisotopic (exact) mass is 255 g/mol. The van der Waals surface area contributed by atoms with E-state index < -0.39 is 0 Å². The number of hydrogen-bond acceptors (Lipinski definition) is 3. The van der Waals surface area contributed by atoms with Gasteiger partial charge in [0.15, 0.2) is 5.82 Å². The lowest BCUT2D eigenvalue weighted by molar-refractivity contribution is 0.432. The Bertz CT molecular complexity index is 710. The van der Waals surface area contributed by atoms with Crippen LogP contribution in [0.25, 0.3) is 17.1 Å². The van der Waals surface area contributed by atoms with Gasteiger partial charge in [0.1, 0.15) is 5.82 Å². The maximum Gasteiger partial charge on any atom is 0.216 e. The fraction of sp³-hybridized carbons (Fsp3) is 0. The molecule has 0 amide bonds. The Morgan fingerprint density at radius 1 is 1.05 bits per heavy atom. The topological polar surface area (TPSA) is 50.9 Å². The molecule has 3 rings (SSSR count). The van der Waals surface area contributed by atoms with Gasteiger partial charge in [-0.05, 0) is 24.3 Å². The van der Waals surface area contributed by atoms with Gasteiger partial charge >= 0.3 is 0 Å². The Labute approximate surface area is 108 Å². The highest BCUT2D eigenvalue weighted by Gasteiger charge is 2.13. The maximum atomic E-state index is 13.7. The van der Waals surface area contributed by atoms with Gasteiger partial charge in [0.05, 0.1) is 5.69 Å². The minimum Gasteiger partial charge on any atom is -0.493 e. The highest BCUT2D eigenvalue weighted by Crippen LogP contribution is 2.26. The van der Waals surface area contributed by atoms with Crippen molar-refractivity contribution in [3.8, 4) is 23.0 Å². The number of halogens is 1. The number of rotatable bonds is 2. The Hall–Kier alpha value is -2.69. The van der Waals surface area contributed by atoms with Crippen LogP contribution in [0.2, 0.25) is 0 Å². The Kier molecular flexibility index (Phi) is 2.72. The van der Waals surface area contributed by atoms with Crippen LogP contribution >= 0.6 is 0 Å². The molecule has 0 aliphatic heterocycles. The molecule has 0 atom stereocenters. The molecule has 0 saturated heterocycles. The lowest BCUT2D eigenvalue weighted by Gasteiger charge is -2.00. The Morgan fingerprint density at radius 2 is 1.84 bits per heavy atom. The molecule has 1 aromatic carbocycles. The lowest BCUT2D eigenvalue weighted by atomic mass is 10.1. The van der Waals surface area contributed by atoms with Crippen molar-refractivity contribution in [1.82, 2.24) is 14.8 Å². The number of nitrogens with zero attached hydrogens (tertiary/aromatic N) is 3. The molecular weight excluding hydrogens is 245 g/mol. The summed E-state index contributed by atoms with van der Waals surface area (Å²) in [5.74, 6) is 0.00714. The molecule has 2 heterocycles. The third kappa shape index (κ3) is 2.06. The summed E-state index contributed by atoms with van der Waals surface area (Å²) < 4.78 is 14.9. The van der Waals surface area contributed by atoms with E-state index >= 15 is 0 Å². The molecule has 0 aliphatic carbocycles. The fourth-order valence-electron chi connectivity index (χ4n) is 1.82. The number of benzene rings is 1. The first-order valence-electron chi connectivity index (χ1n) is 5.71. The van der Waals surface area contributed by atoms with E-state index in [0.29, 0.717) is 17.1 Å². The van der Waals surface area contributed by atoms with Crippen molar-refractivity contribution in [1.29, 1.82) is 0 Å². The molecule has 0 fully saturated rings. The molecule has 0 spiro atoms. The van der Waals surface area contributed by atoms with E-state index in [9.17, 15) is 9.50 Å². The van der Waals surface area contributed by atoms with E-state index in [2.05, 4.69) is 10.1 Å². The van der Waals surface area contributed by atoms with Crippen LogP contribution in [0.15, 0.2) is 54.7 Å². The Balaban J connectivity index is 2.10. The molecule has 0 saturated carbocycles. The number of aromatic hydroxyl groups is 1. The van der Waals surface area contributed by atoms with Gasteiger partial charge < -0.3 is 5.11 Å². The number of aromatic nitrogens is 3. The summed E-state index contributed by atoms with van der Waals surface area (Å²) in [6.45, 7) is 0. The summed E-state index contributed by atoms with van der Waals surface area (Å²) in [5, 5.41) is 14.1. The molecule has 19 heavy (non-hydrogen) atoms. The van der Waals surface area contributed by atoms with Crippen molar-refractivity contribution >= 4 is 0 Å². The molecule has 0 aliphatic rings. The van der Waals surface area contributed by atoms with Crippen LogP contribution in [-0.2, 0) is 0 Å². The van der Waals surface area contributed by atoms with Crippen LogP contribution in [0.1, 0.15) is 0 Å². The zero-order valence-corrected chi connectivity index (χ0v) is 9.86. The van der Waals surface area contributed by atoms with Crippen molar-refractivity contribution in [2.24, 2.45) is 0 Å². The molecule has 94 valence electrons. The van der Waals surface area contributed by atoms with Crippen molar-refractivity contribution in [3.63, 3.8) is 0 Å². The summed E-state index contributed by atoms with van der Waals surface area (Å²) in [7, 11) is 0. The largest absolute Gasteiger partial charge is 0.493 e. The van der Waals surface area contributed by atoms with Crippen LogP contribution in [0.5, 0.6) is 5.88 Å². The average Bonchev–Trinajstić information content (AvgIpc) is 2.82. The average molecular weight is 255 g/mol. The minimum atomic E-state index is -0.381. The van der Waals surface area contributed by atoms with Gasteiger partial charge in [-0.15, -0.1) is 0 Å². The zero-order valence-electron chi connectivity index (χ0n) is 9.86. The van der Waals surface area contributed by atoms with Crippen LogP contribution in [0.4, 0.5) is 4.39 Å². The van der Waals surface area contributed by atoms with Crippen LogP contribution in [0, 0.1) is 5.82 Å². The SMILES string of the molecule is Oc1cc(-c2ccccc2F)nn1-c1ccccn1. The third-order valence-electron chi connectivity index (χ3n) is 2.71. The quantitative estimate of drug-likeness (QED) is 0.766. The second-order valence-corrected chi connectivity index (χ2v) is 3.97. The van der Waals surface area contributed by atoms with E-state index in [-0.39, 0.29) is 11.7 Å². The molecule has 5 heteroatoms. The van der Waals surface area contributed by atoms with Crippen molar-refractivity contribution < 1.29 is 9.50 Å². The van der Waals surface area contributed by atoms with Crippen LogP contribution in [-0.4, -0.2) is 19.9 Å². The number of hydrogen-bond donors (Lipinski definition) is 1. The summed E-state index contributed by atoms with van der Waals surface area (Å²) >= 11 is 0. The summed E-state index contributed by atoms with van der Waals surface area (Å²) in [4.78, 5) is 4.09. The van der Waals surface area contributed by atoms with E-state index in [1.54, 1.807) is 42.6 Å². The smallest absolute Gasteiger partial charge is 0.216 e. The highest BCUT2D eigenvalue weighted by atomic mass is 19.1. The standard InChI is InChI=1S/C14H10FN3O/c15-11-6-2-1-5-10(11)12-9-14(19)18(17-12)13-7-3-4-8-16-13/h1-9,19H. The molecular formula is C14H10FN3O. The Morgan fingerprint density at radius 3 is 2.58 bits per heavy atom. The molecule has 0 bridgehead atoms. The highest BCUT2D eigenvalue weighted by molar-refractivity contribution is 5.61. The van der Waals surface area contributed by atoms with Crippen molar-refractivity contribution in [2.45, 2.75) is 0 Å². The normalized spacial score (nSPS) is 10.6. The second kappa shape index (κ2) is 4.53. The van der Waals surface area contributed by atoms with Gasteiger partial charge in [0.2, 0.25) is 5.88 Å². The van der Waals surface area contributed by atoms with Crippen LogP contribution in [0.3, 0.4) is 0 Å². The molecule has 4 nitrogen and oxygen atoms in total. The van der Waals surface area contributed by atoms with E-state index in [1.165, 1.54) is 16.8 Å². The first-order chi connectivity index (χ1) is 9.25. The van der Waals surface area contributed by atoms with Gasteiger partial charge in [-0.3, -0.25) is 0 Å². The predicted octanol–water partition coefficient (Wildman–Crippen LogP) is 2.78. The minimum absolute atomic E-state index is 0.0862. The third-order valence-corrected chi connectivity index (χ3v) is 2.71. The van der Waals surface area contributed by atoms with Gasteiger partial charge in [-0.2, -0.15) is 9.78 Å². The fourth-order valence-corrected chi connectivity index (χ4v) is 1.82. The second-order valence-electron chi connectivity index (χ2n) is 3.97. The van der Waals surface area contributed by atoms with Gasteiger partial charge in [-0.25, -0.2) is 9.37 Å².